The molecular formula is C50H30O2. The van der Waals surface area contributed by atoms with Gasteiger partial charge in [-0.05, 0) is 109 Å². The van der Waals surface area contributed by atoms with Gasteiger partial charge in [0.15, 0.2) is 0 Å². The van der Waals surface area contributed by atoms with Gasteiger partial charge >= 0.3 is 0 Å². The first-order chi connectivity index (χ1) is 25.8. The van der Waals surface area contributed by atoms with Crippen LogP contribution in [0, 0.1) is 0 Å². The molecule has 0 amide bonds. The van der Waals surface area contributed by atoms with Crippen LogP contribution in [-0.4, -0.2) is 0 Å². The SMILES string of the molecule is c1cc(-c2ccc3oc4ccccc4c3c2)cc(-c2c3ccccc3c(-c3ccc(-c4ccc5oc6ccccc6c5c4)cc3)c3ccccc23)c1. The number of para-hydroxylation sites is 2. The van der Waals surface area contributed by atoms with Crippen LogP contribution in [0.15, 0.2) is 191 Å². The van der Waals surface area contributed by atoms with Crippen LogP contribution in [0.1, 0.15) is 0 Å². The molecule has 0 aliphatic heterocycles. The minimum Gasteiger partial charge on any atom is -0.456 e. The average molecular weight is 663 g/mol. The van der Waals surface area contributed by atoms with E-state index in [1.807, 2.05) is 24.3 Å². The van der Waals surface area contributed by atoms with Crippen LogP contribution in [0.3, 0.4) is 0 Å². The lowest BCUT2D eigenvalue weighted by atomic mass is 9.85. The Labute approximate surface area is 299 Å². The Bertz CT molecular complexity index is 3120. The van der Waals surface area contributed by atoms with Crippen LogP contribution in [0.5, 0.6) is 0 Å². The molecule has 2 nitrogen and oxygen atoms in total. The van der Waals surface area contributed by atoms with Gasteiger partial charge in [-0.15, -0.1) is 0 Å². The normalized spacial score (nSPS) is 11.8. The number of hydrogen-bond acceptors (Lipinski definition) is 2. The van der Waals surface area contributed by atoms with Gasteiger partial charge in [0.05, 0.1) is 0 Å². The third-order valence-corrected chi connectivity index (χ3v) is 10.7. The average Bonchev–Trinajstić information content (AvgIpc) is 3.78. The highest BCUT2D eigenvalue weighted by molar-refractivity contribution is 6.21. The van der Waals surface area contributed by atoms with Crippen LogP contribution in [0.4, 0.5) is 0 Å². The van der Waals surface area contributed by atoms with E-state index in [1.54, 1.807) is 0 Å². The van der Waals surface area contributed by atoms with E-state index in [1.165, 1.54) is 66.1 Å². The van der Waals surface area contributed by atoms with Crippen molar-refractivity contribution in [3.05, 3.63) is 182 Å². The fourth-order valence-electron chi connectivity index (χ4n) is 8.25. The molecule has 242 valence electrons. The summed E-state index contributed by atoms with van der Waals surface area (Å²) in [6, 6.07) is 65.3. The summed E-state index contributed by atoms with van der Waals surface area (Å²) in [7, 11) is 0. The summed E-state index contributed by atoms with van der Waals surface area (Å²) >= 11 is 0. The van der Waals surface area contributed by atoms with Crippen molar-refractivity contribution < 1.29 is 8.83 Å². The van der Waals surface area contributed by atoms with Crippen molar-refractivity contribution in [3.63, 3.8) is 0 Å². The standard InChI is InChI=1S/C50H30O2/c1-3-16-41-39(14-1)49(32-22-20-31(21-23-32)34-24-26-47-43(29-34)37-12-5-7-18-45(37)51-47)40-15-2-4-17-42(40)50(41)36-11-9-10-33(28-36)35-25-27-48-44(30-35)38-13-6-8-19-46(38)52-48/h1-30H. The third-order valence-electron chi connectivity index (χ3n) is 10.7. The molecule has 0 fully saturated rings. The summed E-state index contributed by atoms with van der Waals surface area (Å²) < 4.78 is 12.2. The molecule has 52 heavy (non-hydrogen) atoms. The zero-order chi connectivity index (χ0) is 34.2. The highest BCUT2D eigenvalue weighted by atomic mass is 16.3. The first kappa shape index (κ1) is 28.9. The lowest BCUT2D eigenvalue weighted by molar-refractivity contribution is 0.668. The lowest BCUT2D eigenvalue weighted by Gasteiger charge is -2.18. The first-order valence-electron chi connectivity index (χ1n) is 17.7. The highest BCUT2D eigenvalue weighted by Gasteiger charge is 2.18. The molecular weight excluding hydrogens is 633 g/mol. The monoisotopic (exact) mass is 662 g/mol. The van der Waals surface area contributed by atoms with Gasteiger partial charge < -0.3 is 8.83 Å². The fourth-order valence-corrected chi connectivity index (χ4v) is 8.25. The van der Waals surface area contributed by atoms with Gasteiger partial charge in [-0.1, -0.05) is 140 Å². The molecule has 11 rings (SSSR count). The third kappa shape index (κ3) is 4.44. The number of furan rings is 2. The smallest absolute Gasteiger partial charge is 0.135 e. The second-order valence-corrected chi connectivity index (χ2v) is 13.6. The van der Waals surface area contributed by atoms with Crippen LogP contribution in [-0.2, 0) is 0 Å². The van der Waals surface area contributed by atoms with E-state index >= 15 is 0 Å². The molecule has 0 aliphatic carbocycles. The molecule has 0 spiro atoms. The maximum absolute atomic E-state index is 6.13. The Morgan fingerprint density at radius 2 is 0.577 bits per heavy atom. The summed E-state index contributed by atoms with van der Waals surface area (Å²) in [5, 5.41) is 9.54. The summed E-state index contributed by atoms with van der Waals surface area (Å²) in [5.74, 6) is 0. The predicted octanol–water partition coefficient (Wildman–Crippen LogP) is 14.5. The van der Waals surface area contributed by atoms with Crippen LogP contribution in [0.25, 0.3) is 110 Å². The van der Waals surface area contributed by atoms with Gasteiger partial charge in [0.1, 0.15) is 22.3 Å². The molecule has 2 heterocycles. The van der Waals surface area contributed by atoms with Gasteiger partial charge in [-0.2, -0.15) is 0 Å². The van der Waals surface area contributed by atoms with Gasteiger partial charge in [0.25, 0.3) is 0 Å². The maximum atomic E-state index is 6.13. The molecule has 0 unspecified atom stereocenters. The fraction of sp³-hybridized carbons (Fsp3) is 0. The predicted molar refractivity (Wildman–Crippen MR) is 218 cm³/mol. The Balaban J connectivity index is 1.05. The lowest BCUT2D eigenvalue weighted by Crippen LogP contribution is -1.91. The molecule has 0 radical (unpaired) electrons. The summed E-state index contributed by atoms with van der Waals surface area (Å²) in [6.45, 7) is 0. The summed E-state index contributed by atoms with van der Waals surface area (Å²) in [5.41, 5.74) is 13.3. The second-order valence-electron chi connectivity index (χ2n) is 13.6. The quantitative estimate of drug-likeness (QED) is 0.175. The Kier molecular flexibility index (Phi) is 6.28. The molecule has 0 aliphatic rings. The molecule has 2 heteroatoms. The second kappa shape index (κ2) is 11.3. The Morgan fingerprint density at radius 1 is 0.212 bits per heavy atom. The zero-order valence-corrected chi connectivity index (χ0v) is 28.1. The van der Waals surface area contributed by atoms with Crippen molar-refractivity contribution in [3.8, 4) is 44.5 Å². The van der Waals surface area contributed by atoms with Gasteiger partial charge in [-0.3, -0.25) is 0 Å². The number of fused-ring (bicyclic) bond motifs is 8. The number of benzene rings is 9. The first-order valence-corrected chi connectivity index (χ1v) is 17.7. The van der Waals surface area contributed by atoms with Crippen LogP contribution < -0.4 is 0 Å². The van der Waals surface area contributed by atoms with Gasteiger partial charge in [0.2, 0.25) is 0 Å². The van der Waals surface area contributed by atoms with Crippen molar-refractivity contribution in [1.82, 2.24) is 0 Å². The Morgan fingerprint density at radius 3 is 1.12 bits per heavy atom. The number of hydrogen-bond donors (Lipinski definition) is 0. The van der Waals surface area contributed by atoms with Gasteiger partial charge in [-0.25, -0.2) is 0 Å². The van der Waals surface area contributed by atoms with Crippen molar-refractivity contribution in [2.75, 3.05) is 0 Å². The van der Waals surface area contributed by atoms with E-state index < -0.39 is 0 Å². The minimum atomic E-state index is 0.911. The highest BCUT2D eigenvalue weighted by Crippen LogP contribution is 2.45. The molecule has 2 aromatic heterocycles. The van der Waals surface area contributed by atoms with Gasteiger partial charge in [0, 0.05) is 21.5 Å². The molecule has 9 aromatic carbocycles. The van der Waals surface area contributed by atoms with E-state index in [-0.39, 0.29) is 0 Å². The minimum absolute atomic E-state index is 0.911. The van der Waals surface area contributed by atoms with Crippen LogP contribution >= 0.6 is 0 Å². The van der Waals surface area contributed by atoms with Crippen LogP contribution in [0.2, 0.25) is 0 Å². The van der Waals surface area contributed by atoms with E-state index in [4.69, 9.17) is 8.83 Å². The molecule has 0 saturated heterocycles. The largest absolute Gasteiger partial charge is 0.456 e. The molecule has 0 N–H and O–H groups in total. The molecule has 11 aromatic rings. The number of rotatable bonds is 4. The topological polar surface area (TPSA) is 26.3 Å². The summed E-state index contributed by atoms with van der Waals surface area (Å²) in [6.07, 6.45) is 0. The molecule has 0 saturated carbocycles. The maximum Gasteiger partial charge on any atom is 0.135 e. The van der Waals surface area contributed by atoms with E-state index in [0.29, 0.717) is 0 Å². The molecule has 0 bridgehead atoms. The summed E-state index contributed by atoms with van der Waals surface area (Å²) in [4.78, 5) is 0. The van der Waals surface area contributed by atoms with E-state index in [2.05, 4.69) is 158 Å². The Hall–Kier alpha value is -6.90. The molecule has 0 atom stereocenters. The van der Waals surface area contributed by atoms with E-state index in [9.17, 15) is 0 Å². The van der Waals surface area contributed by atoms with E-state index in [0.717, 1.165) is 43.9 Å². The van der Waals surface area contributed by atoms with Crippen molar-refractivity contribution in [2.24, 2.45) is 0 Å². The van der Waals surface area contributed by atoms with Crippen molar-refractivity contribution in [1.29, 1.82) is 0 Å². The zero-order valence-electron chi connectivity index (χ0n) is 28.1. The van der Waals surface area contributed by atoms with Crippen molar-refractivity contribution >= 4 is 65.4 Å². The van der Waals surface area contributed by atoms with Crippen molar-refractivity contribution in [2.45, 2.75) is 0 Å².